The van der Waals surface area contributed by atoms with E-state index in [0.29, 0.717) is 44.4 Å². The van der Waals surface area contributed by atoms with Gasteiger partial charge in [0.05, 0.1) is 17.0 Å². The van der Waals surface area contributed by atoms with Crippen LogP contribution in [0.2, 0.25) is 0 Å². The molecule has 1 saturated heterocycles. The molecule has 1 fully saturated rings. The summed E-state index contributed by atoms with van der Waals surface area (Å²) in [6, 6.07) is 17.8. The van der Waals surface area contributed by atoms with Gasteiger partial charge in [0.25, 0.3) is 0 Å². The Hall–Kier alpha value is -3.06. The third-order valence-electron chi connectivity index (χ3n) is 4.82. The van der Waals surface area contributed by atoms with E-state index in [4.69, 9.17) is 4.52 Å². The Morgan fingerprint density at radius 2 is 1.69 bits per heavy atom. The number of benzene rings is 2. The van der Waals surface area contributed by atoms with Crippen LogP contribution in [0.5, 0.6) is 0 Å². The van der Waals surface area contributed by atoms with Crippen LogP contribution in [0.4, 0.5) is 0 Å². The lowest BCUT2D eigenvalue weighted by molar-refractivity contribution is 0.163. The van der Waals surface area contributed by atoms with Crippen molar-refractivity contribution >= 4 is 10.0 Å². The van der Waals surface area contributed by atoms with E-state index >= 15 is 0 Å². The first-order chi connectivity index (χ1) is 14.1. The largest absolute Gasteiger partial charge is 0.338 e. The molecule has 0 radical (unpaired) electrons. The molecule has 4 rings (SSSR count). The molecule has 148 valence electrons. The van der Waals surface area contributed by atoms with Gasteiger partial charge in [-0.25, -0.2) is 8.42 Å². The van der Waals surface area contributed by atoms with Gasteiger partial charge in [-0.15, -0.1) is 0 Å². The molecule has 0 spiro atoms. The first-order valence-electron chi connectivity index (χ1n) is 9.17. The second kappa shape index (κ2) is 8.13. The van der Waals surface area contributed by atoms with E-state index in [1.165, 1.54) is 16.4 Å². The van der Waals surface area contributed by atoms with E-state index in [-0.39, 0.29) is 10.5 Å². The van der Waals surface area contributed by atoms with Crippen LogP contribution in [-0.2, 0) is 16.6 Å². The summed E-state index contributed by atoms with van der Waals surface area (Å²) >= 11 is 0. The zero-order valence-electron chi connectivity index (χ0n) is 15.6. The van der Waals surface area contributed by atoms with Crippen molar-refractivity contribution in [1.82, 2.24) is 19.3 Å². The minimum Gasteiger partial charge on any atom is -0.338 e. The van der Waals surface area contributed by atoms with Gasteiger partial charge in [-0.1, -0.05) is 47.6 Å². The maximum Gasteiger partial charge on any atom is 0.244 e. The quantitative estimate of drug-likeness (QED) is 0.636. The maximum atomic E-state index is 12.9. The summed E-state index contributed by atoms with van der Waals surface area (Å²) in [7, 11) is -3.70. The highest BCUT2D eigenvalue weighted by atomic mass is 32.2. The molecule has 1 aromatic heterocycles. The molecule has 9 heteroatoms. The minimum atomic E-state index is -3.70. The number of piperazine rings is 1. The summed E-state index contributed by atoms with van der Waals surface area (Å²) in [5.74, 6) is 1.03. The number of sulfonamides is 1. The predicted octanol–water partition coefficient (Wildman–Crippen LogP) is 2.11. The average Bonchev–Trinajstić information content (AvgIpc) is 3.23. The Morgan fingerprint density at radius 3 is 2.41 bits per heavy atom. The number of hydrogen-bond donors (Lipinski definition) is 0. The fraction of sp³-hybridized carbons (Fsp3) is 0.250. The van der Waals surface area contributed by atoms with Crippen LogP contribution < -0.4 is 0 Å². The zero-order valence-corrected chi connectivity index (χ0v) is 16.4. The van der Waals surface area contributed by atoms with Crippen molar-refractivity contribution in [1.29, 1.82) is 5.26 Å². The van der Waals surface area contributed by atoms with Crippen molar-refractivity contribution < 1.29 is 12.9 Å². The van der Waals surface area contributed by atoms with Crippen molar-refractivity contribution in [2.75, 3.05) is 26.2 Å². The van der Waals surface area contributed by atoms with E-state index in [9.17, 15) is 13.7 Å². The third-order valence-corrected chi connectivity index (χ3v) is 6.77. The van der Waals surface area contributed by atoms with E-state index < -0.39 is 10.0 Å². The Kier molecular flexibility index (Phi) is 5.40. The molecule has 29 heavy (non-hydrogen) atoms. The van der Waals surface area contributed by atoms with Crippen LogP contribution in [0.3, 0.4) is 0 Å². The normalized spacial score (nSPS) is 15.8. The van der Waals surface area contributed by atoms with Gasteiger partial charge >= 0.3 is 0 Å². The highest BCUT2D eigenvalue weighted by Crippen LogP contribution is 2.22. The Bertz CT molecular complexity index is 1130. The van der Waals surface area contributed by atoms with Crippen molar-refractivity contribution in [3.8, 4) is 17.5 Å². The topological polar surface area (TPSA) is 103 Å². The van der Waals surface area contributed by atoms with E-state index in [1.807, 2.05) is 36.4 Å². The highest BCUT2D eigenvalue weighted by Gasteiger charge is 2.30. The van der Waals surface area contributed by atoms with Gasteiger partial charge in [0, 0.05) is 31.7 Å². The zero-order chi connectivity index (χ0) is 20.3. The van der Waals surface area contributed by atoms with Crippen molar-refractivity contribution in [2.24, 2.45) is 0 Å². The number of rotatable bonds is 5. The molecular weight excluding hydrogens is 390 g/mol. The van der Waals surface area contributed by atoms with Crippen molar-refractivity contribution in [2.45, 2.75) is 11.4 Å². The van der Waals surface area contributed by atoms with Crippen LogP contribution in [0.1, 0.15) is 11.5 Å². The molecule has 0 unspecified atom stereocenters. The van der Waals surface area contributed by atoms with Gasteiger partial charge < -0.3 is 4.52 Å². The number of hydrogen-bond acceptors (Lipinski definition) is 7. The molecule has 2 heterocycles. The Morgan fingerprint density at radius 1 is 1.00 bits per heavy atom. The summed E-state index contributed by atoms with van der Waals surface area (Å²) < 4.78 is 32.6. The molecule has 0 amide bonds. The van der Waals surface area contributed by atoms with Gasteiger partial charge in [0.2, 0.25) is 21.7 Å². The van der Waals surface area contributed by atoms with Crippen LogP contribution in [0, 0.1) is 11.3 Å². The Balaban J connectivity index is 1.40. The second-order valence-electron chi connectivity index (χ2n) is 6.67. The summed E-state index contributed by atoms with van der Waals surface area (Å²) in [5, 5.41) is 13.2. The molecule has 0 saturated carbocycles. The lowest BCUT2D eigenvalue weighted by Gasteiger charge is -2.33. The van der Waals surface area contributed by atoms with E-state index in [0.717, 1.165) is 5.56 Å². The molecule has 0 N–H and O–H groups in total. The first kappa shape index (κ1) is 19.3. The standard InChI is InChI=1S/C20H19N5O3S/c21-14-17-8-4-5-9-18(17)29(26,27)25-12-10-24(11-13-25)15-19-22-20(23-28-19)16-6-2-1-3-7-16/h1-9H,10-13,15H2. The molecule has 0 bridgehead atoms. The predicted molar refractivity (Wildman–Crippen MR) is 105 cm³/mol. The monoisotopic (exact) mass is 409 g/mol. The first-order valence-corrected chi connectivity index (χ1v) is 10.6. The van der Waals surface area contributed by atoms with Crippen LogP contribution in [0.25, 0.3) is 11.4 Å². The average molecular weight is 409 g/mol. The number of nitrogens with zero attached hydrogens (tertiary/aromatic N) is 5. The second-order valence-corrected chi connectivity index (χ2v) is 8.57. The van der Waals surface area contributed by atoms with Gasteiger partial charge in [-0.2, -0.15) is 14.6 Å². The molecule has 1 aliphatic heterocycles. The smallest absolute Gasteiger partial charge is 0.244 e. The van der Waals surface area contributed by atoms with Crippen LogP contribution in [-0.4, -0.2) is 53.9 Å². The summed E-state index contributed by atoms with van der Waals surface area (Å²) in [6.07, 6.45) is 0. The summed E-state index contributed by atoms with van der Waals surface area (Å²) in [5.41, 5.74) is 1.05. The molecular formula is C20H19N5O3S. The van der Waals surface area contributed by atoms with Gasteiger partial charge in [-0.3, -0.25) is 4.90 Å². The van der Waals surface area contributed by atoms with Crippen LogP contribution in [0.15, 0.2) is 64.0 Å². The summed E-state index contributed by atoms with van der Waals surface area (Å²) in [6.45, 7) is 2.21. The Labute approximate surface area is 169 Å². The van der Waals surface area contributed by atoms with Crippen molar-refractivity contribution in [3.63, 3.8) is 0 Å². The molecule has 8 nitrogen and oxygen atoms in total. The molecule has 1 aliphatic rings. The SMILES string of the molecule is N#Cc1ccccc1S(=O)(=O)N1CCN(Cc2nc(-c3ccccc3)no2)CC1. The fourth-order valence-corrected chi connectivity index (χ4v) is 4.83. The fourth-order valence-electron chi connectivity index (χ4n) is 3.27. The molecule has 0 aliphatic carbocycles. The molecule has 3 aromatic rings. The molecule has 2 aromatic carbocycles. The van der Waals surface area contributed by atoms with E-state index in [2.05, 4.69) is 15.0 Å². The van der Waals surface area contributed by atoms with Crippen LogP contribution >= 0.6 is 0 Å². The third kappa shape index (κ3) is 4.05. The minimum absolute atomic E-state index is 0.0559. The lowest BCUT2D eigenvalue weighted by atomic mass is 10.2. The molecule has 0 atom stereocenters. The number of aromatic nitrogens is 2. The lowest BCUT2D eigenvalue weighted by Crippen LogP contribution is -2.48. The number of nitriles is 1. The van der Waals surface area contributed by atoms with Gasteiger partial charge in [0.1, 0.15) is 6.07 Å². The van der Waals surface area contributed by atoms with E-state index in [1.54, 1.807) is 12.1 Å². The van der Waals surface area contributed by atoms with Gasteiger partial charge in [0.15, 0.2) is 0 Å². The highest BCUT2D eigenvalue weighted by molar-refractivity contribution is 7.89. The van der Waals surface area contributed by atoms with Gasteiger partial charge in [-0.05, 0) is 12.1 Å². The maximum absolute atomic E-state index is 12.9. The van der Waals surface area contributed by atoms with Crippen molar-refractivity contribution in [3.05, 3.63) is 66.1 Å². The summed E-state index contributed by atoms with van der Waals surface area (Å²) in [4.78, 5) is 6.56.